The van der Waals surface area contributed by atoms with E-state index >= 15 is 0 Å². The summed E-state index contributed by atoms with van der Waals surface area (Å²) in [5, 5.41) is 5.68. The number of thioether (sulfide) groups is 1. The van der Waals surface area contributed by atoms with Crippen molar-refractivity contribution in [3.05, 3.63) is 54.1 Å². The van der Waals surface area contributed by atoms with Crippen molar-refractivity contribution in [1.82, 2.24) is 5.32 Å². The van der Waals surface area contributed by atoms with Gasteiger partial charge in [0.05, 0.1) is 0 Å². The van der Waals surface area contributed by atoms with E-state index in [1.54, 1.807) is 11.8 Å². The first kappa shape index (κ1) is 17.8. The first-order chi connectivity index (χ1) is 11.7. The molecule has 2 aromatic rings. The average Bonchev–Trinajstić information content (AvgIpc) is 2.61. The number of hydrogen-bond acceptors (Lipinski definition) is 3. The Morgan fingerprint density at radius 1 is 1.25 bits per heavy atom. The first-order valence-electron chi connectivity index (χ1n) is 7.55. The molecule has 0 saturated carbocycles. The summed E-state index contributed by atoms with van der Waals surface area (Å²) >= 11 is 1.64. The van der Waals surface area contributed by atoms with Gasteiger partial charge in [-0.05, 0) is 48.6 Å². The van der Waals surface area contributed by atoms with Gasteiger partial charge in [0.25, 0.3) is 0 Å². The van der Waals surface area contributed by atoms with E-state index in [0.29, 0.717) is 6.54 Å². The third-order valence-electron chi connectivity index (χ3n) is 3.27. The monoisotopic (exact) mass is 340 g/mol. The minimum atomic E-state index is -0.206. The third-order valence-corrected chi connectivity index (χ3v) is 4.00. The quantitative estimate of drug-likeness (QED) is 0.596. The molecule has 0 bridgehead atoms. The summed E-state index contributed by atoms with van der Waals surface area (Å²) in [6, 6.07) is 15.2. The Morgan fingerprint density at radius 3 is 2.75 bits per heavy atom. The van der Waals surface area contributed by atoms with Crippen LogP contribution in [0.5, 0.6) is 5.75 Å². The van der Waals surface area contributed by atoms with Gasteiger partial charge >= 0.3 is 6.03 Å². The zero-order valence-corrected chi connectivity index (χ0v) is 14.4. The maximum Gasteiger partial charge on any atom is 0.319 e. The van der Waals surface area contributed by atoms with Crippen molar-refractivity contribution in [1.29, 1.82) is 0 Å². The van der Waals surface area contributed by atoms with Crippen molar-refractivity contribution < 1.29 is 9.53 Å². The lowest BCUT2D eigenvalue weighted by Gasteiger charge is -2.09. The van der Waals surface area contributed by atoms with Crippen molar-refractivity contribution >= 4 is 23.5 Å². The van der Waals surface area contributed by atoms with E-state index in [2.05, 4.69) is 16.6 Å². The van der Waals surface area contributed by atoms with Gasteiger partial charge in [-0.2, -0.15) is 0 Å². The van der Waals surface area contributed by atoms with Gasteiger partial charge in [-0.25, -0.2) is 4.79 Å². The average molecular weight is 340 g/mol. The van der Waals surface area contributed by atoms with Crippen LogP contribution in [0.25, 0.3) is 0 Å². The van der Waals surface area contributed by atoms with Crippen LogP contribution in [0, 0.1) is 12.3 Å². The van der Waals surface area contributed by atoms with E-state index in [-0.39, 0.29) is 12.6 Å². The first-order valence-corrected chi connectivity index (χ1v) is 8.78. The number of hydrogen-bond donors (Lipinski definition) is 2. The second kappa shape index (κ2) is 9.53. The lowest BCUT2D eigenvalue weighted by atomic mass is 10.1. The fraction of sp³-hybridized carbons (Fsp3) is 0.211. The van der Waals surface area contributed by atoms with Gasteiger partial charge in [-0.3, -0.25) is 0 Å². The Bertz CT molecular complexity index is 708. The zero-order valence-electron chi connectivity index (χ0n) is 13.5. The highest BCUT2D eigenvalue weighted by Crippen LogP contribution is 2.18. The topological polar surface area (TPSA) is 50.4 Å². The normalized spacial score (nSPS) is 9.83. The van der Waals surface area contributed by atoms with Crippen LogP contribution < -0.4 is 15.4 Å². The van der Waals surface area contributed by atoms with Crippen LogP contribution in [0.2, 0.25) is 0 Å². The number of carbonyl (C=O) groups is 1. The minimum absolute atomic E-state index is 0.206. The Hall–Kier alpha value is -2.58. The van der Waals surface area contributed by atoms with Crippen molar-refractivity contribution in [2.45, 2.75) is 11.3 Å². The smallest absolute Gasteiger partial charge is 0.319 e. The second-order valence-electron chi connectivity index (χ2n) is 5.00. The van der Waals surface area contributed by atoms with Gasteiger partial charge in [0, 0.05) is 17.1 Å². The summed E-state index contributed by atoms with van der Waals surface area (Å²) in [4.78, 5) is 13.0. The van der Waals surface area contributed by atoms with Crippen molar-refractivity contribution in [3.8, 4) is 18.1 Å². The summed E-state index contributed by atoms with van der Waals surface area (Å²) < 4.78 is 5.32. The van der Waals surface area contributed by atoms with Gasteiger partial charge in [-0.15, -0.1) is 18.2 Å². The van der Waals surface area contributed by atoms with E-state index in [4.69, 9.17) is 11.2 Å². The van der Waals surface area contributed by atoms with E-state index < -0.39 is 0 Å². The molecule has 5 heteroatoms. The molecule has 0 aliphatic carbocycles. The molecule has 2 amide bonds. The fourth-order valence-corrected chi connectivity index (χ4v) is 2.53. The van der Waals surface area contributed by atoms with Crippen LogP contribution in [-0.4, -0.2) is 25.4 Å². The van der Waals surface area contributed by atoms with Crippen molar-refractivity contribution in [2.24, 2.45) is 0 Å². The predicted molar refractivity (Wildman–Crippen MR) is 99.7 cm³/mol. The molecule has 0 aliphatic heterocycles. The van der Waals surface area contributed by atoms with Crippen LogP contribution in [0.4, 0.5) is 10.5 Å². The van der Waals surface area contributed by atoms with Gasteiger partial charge in [0.2, 0.25) is 0 Å². The number of nitrogens with one attached hydrogen (secondary N) is 2. The van der Waals surface area contributed by atoms with Crippen molar-refractivity contribution in [3.63, 3.8) is 0 Å². The van der Waals surface area contributed by atoms with Gasteiger partial charge in [-0.1, -0.05) is 24.1 Å². The molecule has 0 aliphatic rings. The molecule has 0 unspecified atom stereocenters. The summed E-state index contributed by atoms with van der Waals surface area (Å²) in [5.74, 6) is 3.17. The summed E-state index contributed by atoms with van der Waals surface area (Å²) in [6.07, 6.45) is 7.90. The van der Waals surface area contributed by atoms with Gasteiger partial charge in [0.1, 0.15) is 12.4 Å². The Balaban J connectivity index is 1.75. The standard InChI is InChI=1S/C19H20N2O2S/c1-3-13-23-17-9-7-15(8-10-17)11-12-20-19(22)21-16-5-4-6-18(14-16)24-2/h1,4-10,14H,11-13H2,2H3,(H2,20,21,22). The molecule has 0 fully saturated rings. The molecule has 24 heavy (non-hydrogen) atoms. The maximum absolute atomic E-state index is 11.9. The third kappa shape index (κ3) is 5.90. The zero-order chi connectivity index (χ0) is 17.2. The van der Waals surface area contributed by atoms with Crippen molar-refractivity contribution in [2.75, 3.05) is 24.7 Å². The maximum atomic E-state index is 11.9. The number of anilines is 1. The highest BCUT2D eigenvalue weighted by molar-refractivity contribution is 7.98. The molecule has 0 spiro atoms. The molecule has 124 valence electrons. The molecule has 2 rings (SSSR count). The number of benzene rings is 2. The molecule has 0 atom stereocenters. The molecule has 2 N–H and O–H groups in total. The van der Waals surface area contributed by atoms with E-state index in [1.165, 1.54) is 0 Å². The molecular weight excluding hydrogens is 320 g/mol. The summed E-state index contributed by atoms with van der Waals surface area (Å²) in [6.45, 7) is 0.817. The SMILES string of the molecule is C#CCOc1ccc(CCNC(=O)Nc2cccc(SC)c2)cc1. The Kier molecular flexibility index (Phi) is 7.06. The van der Waals surface area contributed by atoms with Crippen LogP contribution in [-0.2, 0) is 6.42 Å². The van der Waals surface area contributed by atoms with Crippen LogP contribution >= 0.6 is 11.8 Å². The van der Waals surface area contributed by atoms with Crippen LogP contribution in [0.3, 0.4) is 0 Å². The molecule has 2 aromatic carbocycles. The number of rotatable bonds is 7. The number of amides is 2. The molecule has 0 heterocycles. The fourth-order valence-electron chi connectivity index (χ4n) is 2.07. The number of urea groups is 1. The van der Waals surface area contributed by atoms with E-state index in [0.717, 1.165) is 28.3 Å². The molecule has 4 nitrogen and oxygen atoms in total. The van der Waals surface area contributed by atoms with E-state index in [9.17, 15) is 4.79 Å². The highest BCUT2D eigenvalue weighted by Gasteiger charge is 2.02. The number of ether oxygens (including phenoxy) is 1. The Labute approximate surface area is 147 Å². The van der Waals surface area contributed by atoms with Crippen LogP contribution in [0.15, 0.2) is 53.4 Å². The Morgan fingerprint density at radius 2 is 2.04 bits per heavy atom. The van der Waals surface area contributed by atoms with Gasteiger partial charge < -0.3 is 15.4 Å². The number of terminal acetylenes is 1. The largest absolute Gasteiger partial charge is 0.481 e. The lowest BCUT2D eigenvalue weighted by Crippen LogP contribution is -2.30. The molecule has 0 radical (unpaired) electrons. The van der Waals surface area contributed by atoms with E-state index in [1.807, 2.05) is 54.8 Å². The summed E-state index contributed by atoms with van der Waals surface area (Å²) in [5.41, 5.74) is 1.90. The van der Waals surface area contributed by atoms with Gasteiger partial charge in [0.15, 0.2) is 0 Å². The van der Waals surface area contributed by atoms with Crippen LogP contribution in [0.1, 0.15) is 5.56 Å². The molecular formula is C19H20N2O2S. The molecule has 0 saturated heterocycles. The predicted octanol–water partition coefficient (Wildman–Crippen LogP) is 3.78. The number of carbonyl (C=O) groups excluding carboxylic acids is 1. The summed E-state index contributed by atoms with van der Waals surface area (Å²) in [7, 11) is 0. The molecule has 0 aromatic heterocycles. The minimum Gasteiger partial charge on any atom is -0.481 e. The highest BCUT2D eigenvalue weighted by atomic mass is 32.2. The lowest BCUT2D eigenvalue weighted by molar-refractivity contribution is 0.252. The second-order valence-corrected chi connectivity index (χ2v) is 5.88.